The Morgan fingerprint density at radius 2 is 1.94 bits per heavy atom. The van der Waals surface area contributed by atoms with Crippen molar-refractivity contribution in [3.8, 4) is 0 Å². The van der Waals surface area contributed by atoms with E-state index in [2.05, 4.69) is 15.5 Å². The third-order valence-electron chi connectivity index (χ3n) is 6.57. The van der Waals surface area contributed by atoms with Crippen LogP contribution in [-0.4, -0.2) is 84.6 Å². The highest BCUT2D eigenvalue weighted by Crippen LogP contribution is 2.33. The number of rotatable bonds is 6. The van der Waals surface area contributed by atoms with Gasteiger partial charge in [-0.15, -0.1) is 0 Å². The predicted molar refractivity (Wildman–Crippen MR) is 135 cm³/mol. The summed E-state index contributed by atoms with van der Waals surface area (Å²) in [6.07, 6.45) is 0. The van der Waals surface area contributed by atoms with Crippen molar-refractivity contribution in [1.29, 1.82) is 0 Å². The average molecular weight is 486 g/mol. The van der Waals surface area contributed by atoms with Gasteiger partial charge >= 0.3 is 18.0 Å². The minimum absolute atomic E-state index is 0.00740. The van der Waals surface area contributed by atoms with Crippen molar-refractivity contribution in [3.63, 3.8) is 0 Å². The number of nitrogens with zero attached hydrogens (tertiary/aromatic N) is 3. The molecule has 2 aliphatic heterocycles. The van der Waals surface area contributed by atoms with Crippen LogP contribution >= 0.6 is 0 Å². The summed E-state index contributed by atoms with van der Waals surface area (Å²) in [6, 6.07) is 5.14. The van der Waals surface area contributed by atoms with Crippen molar-refractivity contribution < 1.29 is 19.1 Å². The van der Waals surface area contributed by atoms with Gasteiger partial charge in [-0.1, -0.05) is 23.8 Å². The Bertz CT molecular complexity index is 1010. The number of esters is 1. The summed E-state index contributed by atoms with van der Waals surface area (Å²) in [4.78, 5) is 44.3. The van der Waals surface area contributed by atoms with Crippen molar-refractivity contribution in [2.75, 3.05) is 39.8 Å². The van der Waals surface area contributed by atoms with Gasteiger partial charge < -0.3 is 20.3 Å². The molecule has 4 amide bonds. The second kappa shape index (κ2) is 11.1. The summed E-state index contributed by atoms with van der Waals surface area (Å²) in [5, 5.41) is 5.95. The number of amides is 4. The van der Waals surface area contributed by atoms with Crippen LogP contribution < -0.4 is 10.6 Å². The molecule has 0 saturated carbocycles. The molecular formula is C26H39N5O4. The SMILES string of the molecule is CCOC(=O)C1=C(CN2CCN(C(=O)NC(C)C)[C@H](C)C2)N(C)C(=O)N[C@H]1c1ccc(C)cc1C. The number of aryl methyl sites for hydroxylation is 2. The fourth-order valence-corrected chi connectivity index (χ4v) is 4.80. The number of hydrogen-bond acceptors (Lipinski definition) is 5. The van der Waals surface area contributed by atoms with E-state index < -0.39 is 12.0 Å². The standard InChI is InChI=1S/C26H39N5O4/c1-8-35-24(32)22-21(15-30-11-12-31(19(6)14-30)26(34)27-16(2)3)29(7)25(33)28-23(22)20-10-9-17(4)13-18(20)5/h9-10,13,16,19,23H,8,11-12,14-15H2,1-7H3,(H,27,34)(H,28,33)/t19-,23+/m1/s1. The summed E-state index contributed by atoms with van der Waals surface area (Å²) < 4.78 is 5.45. The highest BCUT2D eigenvalue weighted by Gasteiger charge is 2.39. The van der Waals surface area contributed by atoms with Crippen LogP contribution in [0.15, 0.2) is 29.5 Å². The van der Waals surface area contributed by atoms with E-state index >= 15 is 0 Å². The number of carbonyl (C=O) groups is 3. The Labute approximate surface area is 208 Å². The van der Waals surface area contributed by atoms with Crippen LogP contribution in [0.25, 0.3) is 0 Å². The van der Waals surface area contributed by atoms with E-state index in [4.69, 9.17) is 4.74 Å². The summed E-state index contributed by atoms with van der Waals surface area (Å²) in [7, 11) is 1.68. The van der Waals surface area contributed by atoms with Gasteiger partial charge in [-0.25, -0.2) is 14.4 Å². The lowest BCUT2D eigenvalue weighted by Crippen LogP contribution is -2.58. The molecule has 0 bridgehead atoms. The van der Waals surface area contributed by atoms with Crippen LogP contribution in [0.5, 0.6) is 0 Å². The lowest BCUT2D eigenvalue weighted by Gasteiger charge is -2.42. The largest absolute Gasteiger partial charge is 0.463 e. The molecule has 3 rings (SSSR count). The molecule has 9 heteroatoms. The smallest absolute Gasteiger partial charge is 0.338 e. The first kappa shape index (κ1) is 26.5. The Hall–Kier alpha value is -3.07. The van der Waals surface area contributed by atoms with Crippen LogP contribution in [0.2, 0.25) is 0 Å². The third kappa shape index (κ3) is 5.96. The van der Waals surface area contributed by atoms with Crippen LogP contribution in [0, 0.1) is 13.8 Å². The van der Waals surface area contributed by atoms with Gasteiger partial charge in [0.15, 0.2) is 0 Å². The molecule has 9 nitrogen and oxygen atoms in total. The van der Waals surface area contributed by atoms with Crippen LogP contribution in [-0.2, 0) is 9.53 Å². The zero-order chi connectivity index (χ0) is 25.9. The topological polar surface area (TPSA) is 94.2 Å². The molecule has 0 aromatic heterocycles. The summed E-state index contributed by atoms with van der Waals surface area (Å²) in [6.45, 7) is 14.2. The monoisotopic (exact) mass is 485 g/mol. The Balaban J connectivity index is 1.93. The highest BCUT2D eigenvalue weighted by molar-refractivity contribution is 5.95. The minimum atomic E-state index is -0.594. The van der Waals surface area contributed by atoms with Crippen LogP contribution in [0.4, 0.5) is 9.59 Å². The van der Waals surface area contributed by atoms with Gasteiger partial charge in [0.1, 0.15) is 0 Å². The van der Waals surface area contributed by atoms with E-state index in [1.165, 1.54) is 4.90 Å². The number of urea groups is 2. The lowest BCUT2D eigenvalue weighted by molar-refractivity contribution is -0.139. The Morgan fingerprint density at radius 3 is 2.54 bits per heavy atom. The van der Waals surface area contributed by atoms with Crippen molar-refractivity contribution in [1.82, 2.24) is 25.3 Å². The van der Waals surface area contributed by atoms with Gasteiger partial charge in [0.2, 0.25) is 0 Å². The quantitative estimate of drug-likeness (QED) is 0.605. The highest BCUT2D eigenvalue weighted by atomic mass is 16.5. The van der Waals surface area contributed by atoms with Crippen molar-refractivity contribution in [3.05, 3.63) is 46.2 Å². The zero-order valence-electron chi connectivity index (χ0n) is 22.0. The normalized spacial score (nSPS) is 21.3. The van der Waals surface area contributed by atoms with Gasteiger partial charge in [0.05, 0.1) is 18.2 Å². The Kier molecular flexibility index (Phi) is 8.43. The van der Waals surface area contributed by atoms with Gasteiger partial charge in [0.25, 0.3) is 0 Å². The van der Waals surface area contributed by atoms with Gasteiger partial charge in [0, 0.05) is 51.0 Å². The zero-order valence-corrected chi connectivity index (χ0v) is 22.0. The molecular weight excluding hydrogens is 446 g/mol. The van der Waals surface area contributed by atoms with Gasteiger partial charge in [-0.05, 0) is 52.7 Å². The number of likely N-dealkylation sites (N-methyl/N-ethyl adjacent to an activating group) is 1. The van der Waals surface area contributed by atoms with Crippen molar-refractivity contribution in [2.24, 2.45) is 0 Å². The second-order valence-corrected chi connectivity index (χ2v) is 9.76. The molecule has 0 spiro atoms. The van der Waals surface area contributed by atoms with Crippen molar-refractivity contribution >= 4 is 18.0 Å². The predicted octanol–water partition coefficient (Wildman–Crippen LogP) is 2.94. The first-order chi connectivity index (χ1) is 16.5. The molecule has 0 aliphatic carbocycles. The fraction of sp³-hybridized carbons (Fsp3) is 0.577. The number of hydrogen-bond donors (Lipinski definition) is 2. The molecule has 0 radical (unpaired) electrons. The number of piperazine rings is 1. The number of ether oxygens (including phenoxy) is 1. The minimum Gasteiger partial charge on any atom is -0.463 e. The van der Waals surface area contributed by atoms with E-state index in [1.807, 2.05) is 57.7 Å². The molecule has 0 unspecified atom stereocenters. The molecule has 35 heavy (non-hydrogen) atoms. The molecule has 2 N–H and O–H groups in total. The van der Waals surface area contributed by atoms with Crippen LogP contribution in [0.3, 0.4) is 0 Å². The average Bonchev–Trinajstić information content (AvgIpc) is 2.76. The van der Waals surface area contributed by atoms with Gasteiger partial charge in [-0.2, -0.15) is 0 Å². The summed E-state index contributed by atoms with van der Waals surface area (Å²) in [5.74, 6) is -0.428. The second-order valence-electron chi connectivity index (χ2n) is 9.76. The first-order valence-electron chi connectivity index (χ1n) is 12.3. The molecule has 1 saturated heterocycles. The number of benzene rings is 1. The maximum atomic E-state index is 13.2. The molecule has 1 aromatic carbocycles. The maximum absolute atomic E-state index is 13.2. The summed E-state index contributed by atoms with van der Waals surface area (Å²) >= 11 is 0. The number of nitrogens with one attached hydrogen (secondary N) is 2. The summed E-state index contributed by atoms with van der Waals surface area (Å²) in [5.41, 5.74) is 4.07. The molecule has 2 atom stereocenters. The van der Waals surface area contributed by atoms with Gasteiger partial charge in [-0.3, -0.25) is 9.80 Å². The van der Waals surface area contributed by atoms with Crippen LogP contribution in [0.1, 0.15) is 50.4 Å². The van der Waals surface area contributed by atoms with E-state index in [1.54, 1.807) is 14.0 Å². The molecule has 2 aliphatic rings. The maximum Gasteiger partial charge on any atom is 0.338 e. The first-order valence-corrected chi connectivity index (χ1v) is 12.3. The molecule has 2 heterocycles. The lowest BCUT2D eigenvalue weighted by atomic mass is 9.90. The molecule has 192 valence electrons. The fourth-order valence-electron chi connectivity index (χ4n) is 4.80. The molecule has 1 aromatic rings. The Morgan fingerprint density at radius 1 is 1.23 bits per heavy atom. The number of carbonyl (C=O) groups excluding carboxylic acids is 3. The van der Waals surface area contributed by atoms with E-state index in [-0.39, 0.29) is 30.8 Å². The van der Waals surface area contributed by atoms with E-state index in [9.17, 15) is 14.4 Å². The molecule has 1 fully saturated rings. The van der Waals surface area contributed by atoms with E-state index in [0.717, 1.165) is 16.7 Å². The third-order valence-corrected chi connectivity index (χ3v) is 6.57. The van der Waals surface area contributed by atoms with Crippen molar-refractivity contribution in [2.45, 2.75) is 59.7 Å². The van der Waals surface area contributed by atoms with E-state index in [0.29, 0.717) is 37.4 Å².